The minimum Gasteiger partial charge on any atom is -0.450 e. The molecule has 0 aliphatic carbocycles. The lowest BCUT2D eigenvalue weighted by atomic mass is 10.1. The molecule has 1 saturated heterocycles. The number of anilines is 1. The molecule has 2 aromatic carbocycles. The van der Waals surface area contributed by atoms with Gasteiger partial charge in [-0.25, -0.2) is 9.18 Å². The summed E-state index contributed by atoms with van der Waals surface area (Å²) in [7, 11) is 0. The van der Waals surface area contributed by atoms with E-state index < -0.39 is 5.82 Å². The first-order valence-electron chi connectivity index (χ1n) is 10.7. The molecule has 1 fully saturated rings. The SMILES string of the molecule is CCOC(=O)N1CCN(CC(=O)Nc2sc3ccccc3c(=O)c2-c2ccc(F)cc2)CC1. The van der Waals surface area contributed by atoms with Gasteiger partial charge in [-0.3, -0.25) is 14.5 Å². The summed E-state index contributed by atoms with van der Waals surface area (Å²) in [6.45, 7) is 4.28. The lowest BCUT2D eigenvalue weighted by molar-refractivity contribution is -0.117. The van der Waals surface area contributed by atoms with Gasteiger partial charge in [-0.1, -0.05) is 24.3 Å². The fourth-order valence-electron chi connectivity index (χ4n) is 3.78. The summed E-state index contributed by atoms with van der Waals surface area (Å²) in [5.74, 6) is -0.655. The van der Waals surface area contributed by atoms with E-state index in [0.717, 1.165) is 4.70 Å². The molecule has 1 aliphatic heterocycles. The number of halogens is 1. The molecule has 2 amide bonds. The van der Waals surface area contributed by atoms with Crippen LogP contribution < -0.4 is 10.7 Å². The molecular weight excluding hydrogens is 445 g/mol. The van der Waals surface area contributed by atoms with Crippen LogP contribution in [0.1, 0.15) is 6.92 Å². The van der Waals surface area contributed by atoms with Crippen LogP contribution >= 0.6 is 11.3 Å². The Bertz CT molecular complexity index is 1220. The van der Waals surface area contributed by atoms with Crippen molar-refractivity contribution in [1.82, 2.24) is 9.80 Å². The third-order valence-corrected chi connectivity index (χ3v) is 6.54. The Kier molecular flexibility index (Phi) is 7.00. The van der Waals surface area contributed by atoms with Crippen molar-refractivity contribution in [3.05, 3.63) is 64.6 Å². The van der Waals surface area contributed by atoms with Crippen LogP contribution in [0, 0.1) is 5.82 Å². The second kappa shape index (κ2) is 10.1. The fourth-order valence-corrected chi connectivity index (χ4v) is 4.90. The summed E-state index contributed by atoms with van der Waals surface area (Å²) in [6.07, 6.45) is -0.341. The third kappa shape index (κ3) is 5.20. The van der Waals surface area contributed by atoms with E-state index >= 15 is 0 Å². The number of carbonyl (C=O) groups excluding carboxylic acids is 2. The molecule has 7 nitrogen and oxygen atoms in total. The van der Waals surface area contributed by atoms with E-state index in [0.29, 0.717) is 54.3 Å². The van der Waals surface area contributed by atoms with E-state index in [9.17, 15) is 18.8 Å². The number of amides is 2. The molecule has 9 heteroatoms. The molecule has 1 aromatic heterocycles. The predicted molar refractivity (Wildman–Crippen MR) is 127 cm³/mol. The van der Waals surface area contributed by atoms with Gasteiger partial charge in [-0.2, -0.15) is 0 Å². The Hall–Kier alpha value is -3.30. The molecule has 1 aliphatic rings. The van der Waals surface area contributed by atoms with Crippen molar-refractivity contribution >= 4 is 38.4 Å². The van der Waals surface area contributed by atoms with E-state index in [-0.39, 0.29) is 24.0 Å². The molecule has 0 unspecified atom stereocenters. The number of ether oxygens (including phenoxy) is 1. The summed E-state index contributed by atoms with van der Waals surface area (Å²) in [5.41, 5.74) is 0.676. The summed E-state index contributed by atoms with van der Waals surface area (Å²) in [4.78, 5) is 41.6. The summed E-state index contributed by atoms with van der Waals surface area (Å²) < 4.78 is 19.2. The zero-order valence-corrected chi connectivity index (χ0v) is 19.0. The molecule has 3 aromatic rings. The largest absolute Gasteiger partial charge is 0.450 e. The van der Waals surface area contributed by atoms with Crippen molar-refractivity contribution in [3.63, 3.8) is 0 Å². The zero-order valence-electron chi connectivity index (χ0n) is 18.2. The number of rotatable bonds is 5. The van der Waals surface area contributed by atoms with Crippen LogP contribution in [0.15, 0.2) is 53.3 Å². The number of piperazine rings is 1. The summed E-state index contributed by atoms with van der Waals surface area (Å²) in [5, 5.41) is 3.88. The molecular formula is C24H24FN3O4S. The van der Waals surface area contributed by atoms with Gasteiger partial charge in [0, 0.05) is 36.3 Å². The Morgan fingerprint density at radius 2 is 1.76 bits per heavy atom. The maximum atomic E-state index is 13.5. The van der Waals surface area contributed by atoms with Crippen LogP contribution in [-0.2, 0) is 9.53 Å². The van der Waals surface area contributed by atoms with Crippen LogP contribution in [0.3, 0.4) is 0 Å². The standard InChI is InChI=1S/C24H24FN3O4S/c1-2-32-24(31)28-13-11-27(12-14-28)15-20(29)26-23-21(16-7-9-17(25)10-8-16)22(30)18-5-3-4-6-19(18)33-23/h3-10H,2,11-15H2,1H3,(H,26,29). The van der Waals surface area contributed by atoms with E-state index in [4.69, 9.17) is 4.74 Å². The van der Waals surface area contributed by atoms with Crippen molar-refractivity contribution in [3.8, 4) is 11.1 Å². The number of benzene rings is 2. The lowest BCUT2D eigenvalue weighted by Gasteiger charge is -2.33. The van der Waals surface area contributed by atoms with Crippen LogP contribution in [0.5, 0.6) is 0 Å². The Morgan fingerprint density at radius 3 is 2.45 bits per heavy atom. The highest BCUT2D eigenvalue weighted by Crippen LogP contribution is 2.33. The Labute approximate surface area is 194 Å². The monoisotopic (exact) mass is 469 g/mol. The highest BCUT2D eigenvalue weighted by atomic mass is 32.1. The molecule has 0 atom stereocenters. The second-order valence-corrected chi connectivity index (χ2v) is 8.70. The van der Waals surface area contributed by atoms with Gasteiger partial charge in [-0.05, 0) is 36.8 Å². The second-order valence-electron chi connectivity index (χ2n) is 7.65. The highest BCUT2D eigenvalue weighted by Gasteiger charge is 2.24. The number of nitrogens with one attached hydrogen (secondary N) is 1. The van der Waals surface area contributed by atoms with Gasteiger partial charge in [0.2, 0.25) is 5.91 Å². The summed E-state index contributed by atoms with van der Waals surface area (Å²) in [6, 6.07) is 12.9. The normalized spacial score (nSPS) is 14.3. The first kappa shape index (κ1) is 22.9. The fraction of sp³-hybridized carbons (Fsp3) is 0.292. The maximum Gasteiger partial charge on any atom is 0.409 e. The van der Waals surface area contributed by atoms with E-state index in [1.54, 1.807) is 24.0 Å². The van der Waals surface area contributed by atoms with E-state index in [1.165, 1.54) is 35.6 Å². The topological polar surface area (TPSA) is 79.0 Å². The first-order chi connectivity index (χ1) is 16.0. The summed E-state index contributed by atoms with van der Waals surface area (Å²) >= 11 is 1.31. The third-order valence-electron chi connectivity index (χ3n) is 5.45. The lowest BCUT2D eigenvalue weighted by Crippen LogP contribution is -2.50. The van der Waals surface area contributed by atoms with Crippen LogP contribution in [0.2, 0.25) is 0 Å². The Balaban J connectivity index is 1.54. The number of fused-ring (bicyclic) bond motifs is 1. The molecule has 0 spiro atoms. The molecule has 172 valence electrons. The van der Waals surface area contributed by atoms with Crippen LogP contribution in [0.25, 0.3) is 21.2 Å². The van der Waals surface area contributed by atoms with Gasteiger partial charge in [0.1, 0.15) is 10.8 Å². The Morgan fingerprint density at radius 1 is 1.06 bits per heavy atom. The van der Waals surface area contributed by atoms with Crippen molar-refractivity contribution in [1.29, 1.82) is 0 Å². The van der Waals surface area contributed by atoms with Crippen molar-refractivity contribution in [2.75, 3.05) is 44.6 Å². The molecule has 1 N–H and O–H groups in total. The molecule has 0 saturated carbocycles. The van der Waals surface area contributed by atoms with Gasteiger partial charge in [-0.15, -0.1) is 11.3 Å². The number of carbonyl (C=O) groups is 2. The molecule has 0 bridgehead atoms. The molecule has 2 heterocycles. The van der Waals surface area contributed by atoms with Gasteiger partial charge in [0.25, 0.3) is 0 Å². The van der Waals surface area contributed by atoms with Gasteiger partial charge in [0.05, 0.1) is 18.7 Å². The quantitative estimate of drug-likeness (QED) is 0.615. The smallest absolute Gasteiger partial charge is 0.409 e. The predicted octanol–water partition coefficient (Wildman–Crippen LogP) is 3.78. The van der Waals surface area contributed by atoms with Gasteiger partial charge < -0.3 is 15.0 Å². The zero-order chi connectivity index (χ0) is 23.4. The van der Waals surface area contributed by atoms with Gasteiger partial charge in [0.15, 0.2) is 5.43 Å². The van der Waals surface area contributed by atoms with Crippen molar-refractivity contribution < 1.29 is 18.7 Å². The number of nitrogens with zero attached hydrogens (tertiary/aromatic N) is 2. The van der Waals surface area contributed by atoms with E-state index in [2.05, 4.69) is 5.32 Å². The minimum absolute atomic E-state index is 0.132. The average Bonchev–Trinajstić information content (AvgIpc) is 2.81. The molecule has 0 radical (unpaired) electrons. The molecule has 4 rings (SSSR count). The van der Waals surface area contributed by atoms with Crippen molar-refractivity contribution in [2.45, 2.75) is 6.92 Å². The average molecular weight is 470 g/mol. The number of hydrogen-bond donors (Lipinski definition) is 1. The van der Waals surface area contributed by atoms with Crippen LogP contribution in [-0.4, -0.2) is 61.1 Å². The maximum absolute atomic E-state index is 13.5. The van der Waals surface area contributed by atoms with Crippen LogP contribution in [0.4, 0.5) is 14.2 Å². The first-order valence-corrected chi connectivity index (χ1v) is 11.5. The van der Waals surface area contributed by atoms with Crippen molar-refractivity contribution in [2.24, 2.45) is 0 Å². The number of hydrogen-bond acceptors (Lipinski definition) is 6. The highest BCUT2D eigenvalue weighted by molar-refractivity contribution is 7.22. The van der Waals surface area contributed by atoms with Gasteiger partial charge >= 0.3 is 6.09 Å². The minimum atomic E-state index is -0.400. The van der Waals surface area contributed by atoms with E-state index in [1.807, 2.05) is 17.0 Å². The molecule has 33 heavy (non-hydrogen) atoms.